The lowest BCUT2D eigenvalue weighted by Gasteiger charge is -2.29. The van der Waals surface area contributed by atoms with Gasteiger partial charge in [-0.1, -0.05) is 39.0 Å². The summed E-state index contributed by atoms with van der Waals surface area (Å²) in [5, 5.41) is 19.2. The van der Waals surface area contributed by atoms with Crippen molar-refractivity contribution in [2.24, 2.45) is 0 Å². The molecular formula is C20H23N3O3. The van der Waals surface area contributed by atoms with Crippen LogP contribution in [0.25, 0.3) is 11.0 Å². The molecule has 0 saturated carbocycles. The predicted molar refractivity (Wildman–Crippen MR) is 99.1 cm³/mol. The molecule has 26 heavy (non-hydrogen) atoms. The molecule has 1 atom stereocenters. The lowest BCUT2D eigenvalue weighted by molar-refractivity contribution is -0.149. The van der Waals surface area contributed by atoms with Crippen molar-refractivity contribution in [1.29, 1.82) is 0 Å². The summed E-state index contributed by atoms with van der Waals surface area (Å²) < 4.78 is 5.07. The molecule has 6 nitrogen and oxygen atoms in total. The van der Waals surface area contributed by atoms with Crippen LogP contribution in [-0.4, -0.2) is 33.2 Å². The Morgan fingerprint density at radius 3 is 2.12 bits per heavy atom. The topological polar surface area (TPSA) is 77.2 Å². The van der Waals surface area contributed by atoms with Gasteiger partial charge < -0.3 is 9.84 Å². The lowest BCUT2D eigenvalue weighted by Crippen LogP contribution is -2.43. The number of fused-ring (bicyclic) bond motifs is 1. The van der Waals surface area contributed by atoms with Crippen molar-refractivity contribution in [2.75, 3.05) is 7.11 Å². The van der Waals surface area contributed by atoms with Crippen LogP contribution in [0.2, 0.25) is 0 Å². The number of carbonyl (C=O) groups is 1. The van der Waals surface area contributed by atoms with Crippen LogP contribution in [0.3, 0.4) is 0 Å². The number of hydrogen-bond donors (Lipinski definition) is 1. The Balaban J connectivity index is 2.25. The molecule has 0 spiro atoms. The molecule has 0 radical (unpaired) electrons. The average molecular weight is 353 g/mol. The third-order valence-corrected chi connectivity index (χ3v) is 4.64. The summed E-state index contributed by atoms with van der Waals surface area (Å²) in [5.41, 5.74) is 1.21. The number of ether oxygens (including phenoxy) is 1. The van der Waals surface area contributed by atoms with E-state index in [1.54, 1.807) is 19.1 Å². The lowest BCUT2D eigenvalue weighted by atomic mass is 9.82. The first-order valence-corrected chi connectivity index (χ1v) is 8.43. The largest absolute Gasteiger partial charge is 0.508 e. The number of nitrogens with zero attached hydrogens (tertiary/aromatic N) is 3. The van der Waals surface area contributed by atoms with Gasteiger partial charge in [0.25, 0.3) is 0 Å². The number of aromatic hydroxyl groups is 1. The smallest absolute Gasteiger partial charge is 0.340 e. The molecule has 0 amide bonds. The van der Waals surface area contributed by atoms with Gasteiger partial charge in [-0.2, -0.15) is 15.0 Å². The van der Waals surface area contributed by atoms with E-state index in [1.807, 2.05) is 51.1 Å². The highest BCUT2D eigenvalue weighted by molar-refractivity contribution is 5.83. The maximum atomic E-state index is 12.8. The number of benzene rings is 2. The van der Waals surface area contributed by atoms with Crippen LogP contribution in [0.15, 0.2) is 42.5 Å². The van der Waals surface area contributed by atoms with E-state index in [0.29, 0.717) is 16.6 Å². The van der Waals surface area contributed by atoms with Gasteiger partial charge >= 0.3 is 5.97 Å². The molecule has 1 heterocycles. The standard InChI is InChI=1S/C20H23N3O3/c1-19(2,3)14-12-13(10-11-17(14)24)20(4,18(25)26-5)23-21-15-8-6-7-9-16(15)22-23/h6-12,24H,1-5H3. The third-order valence-electron chi connectivity index (χ3n) is 4.64. The van der Waals surface area contributed by atoms with Crippen LogP contribution in [0.4, 0.5) is 0 Å². The molecule has 3 aromatic rings. The van der Waals surface area contributed by atoms with Crippen LogP contribution in [0.5, 0.6) is 5.75 Å². The van der Waals surface area contributed by atoms with Crippen molar-refractivity contribution in [3.8, 4) is 5.75 Å². The van der Waals surface area contributed by atoms with Crippen LogP contribution < -0.4 is 0 Å². The van der Waals surface area contributed by atoms with Gasteiger partial charge in [0.2, 0.25) is 5.54 Å². The zero-order valence-electron chi connectivity index (χ0n) is 15.6. The van der Waals surface area contributed by atoms with E-state index >= 15 is 0 Å². The van der Waals surface area contributed by atoms with Gasteiger partial charge in [0, 0.05) is 0 Å². The minimum atomic E-state index is -1.26. The zero-order valence-corrected chi connectivity index (χ0v) is 15.6. The number of methoxy groups -OCH3 is 1. The molecule has 0 aliphatic carbocycles. The molecule has 6 heteroatoms. The first-order valence-electron chi connectivity index (χ1n) is 8.43. The Bertz CT molecular complexity index is 939. The molecule has 1 unspecified atom stereocenters. The Morgan fingerprint density at radius 1 is 1.04 bits per heavy atom. The number of aromatic nitrogens is 3. The maximum Gasteiger partial charge on any atom is 0.340 e. The van der Waals surface area contributed by atoms with Crippen molar-refractivity contribution < 1.29 is 14.6 Å². The van der Waals surface area contributed by atoms with Gasteiger partial charge in [-0.3, -0.25) is 0 Å². The molecule has 2 aromatic carbocycles. The minimum absolute atomic E-state index is 0.187. The van der Waals surface area contributed by atoms with Crippen LogP contribution in [0, 0.1) is 0 Å². The molecule has 1 N–H and O–H groups in total. The highest BCUT2D eigenvalue weighted by atomic mass is 16.5. The molecule has 0 bridgehead atoms. The first kappa shape index (κ1) is 17.9. The molecule has 0 saturated heterocycles. The summed E-state index contributed by atoms with van der Waals surface area (Å²) in [6.07, 6.45) is 0. The summed E-state index contributed by atoms with van der Waals surface area (Å²) in [4.78, 5) is 14.2. The number of phenols is 1. The number of hydrogen-bond acceptors (Lipinski definition) is 5. The van der Waals surface area contributed by atoms with Crippen molar-refractivity contribution in [2.45, 2.75) is 38.6 Å². The van der Waals surface area contributed by atoms with Crippen LogP contribution >= 0.6 is 0 Å². The predicted octanol–water partition coefficient (Wildman–Crippen LogP) is 3.37. The summed E-state index contributed by atoms with van der Waals surface area (Å²) >= 11 is 0. The van der Waals surface area contributed by atoms with E-state index < -0.39 is 11.5 Å². The zero-order chi connectivity index (χ0) is 19.1. The Labute approximate surface area is 152 Å². The van der Waals surface area contributed by atoms with E-state index in [2.05, 4.69) is 10.2 Å². The number of carbonyl (C=O) groups excluding carboxylic acids is 1. The minimum Gasteiger partial charge on any atom is -0.508 e. The fourth-order valence-electron chi connectivity index (χ4n) is 3.01. The fraction of sp³-hybridized carbons (Fsp3) is 0.350. The maximum absolute atomic E-state index is 12.8. The van der Waals surface area contributed by atoms with Gasteiger partial charge in [0.1, 0.15) is 16.8 Å². The molecule has 0 aliphatic rings. The van der Waals surface area contributed by atoms with Crippen molar-refractivity contribution in [3.63, 3.8) is 0 Å². The number of phenolic OH excluding ortho intramolecular Hbond substituents is 1. The SMILES string of the molecule is COC(=O)C(C)(c1ccc(O)c(C(C)(C)C)c1)n1nc2ccccc2n1. The van der Waals surface area contributed by atoms with Crippen LogP contribution in [0.1, 0.15) is 38.8 Å². The summed E-state index contributed by atoms with van der Waals surface area (Å²) in [7, 11) is 1.34. The van der Waals surface area contributed by atoms with Gasteiger partial charge in [0.15, 0.2) is 0 Å². The van der Waals surface area contributed by atoms with Gasteiger partial charge in [-0.15, -0.1) is 0 Å². The monoisotopic (exact) mass is 353 g/mol. The molecule has 3 rings (SSSR count). The summed E-state index contributed by atoms with van der Waals surface area (Å²) in [6.45, 7) is 7.72. The number of rotatable bonds is 3. The summed E-state index contributed by atoms with van der Waals surface area (Å²) in [5.74, 6) is -0.296. The van der Waals surface area contributed by atoms with Gasteiger partial charge in [-0.25, -0.2) is 4.79 Å². The Morgan fingerprint density at radius 2 is 1.62 bits per heavy atom. The molecular weight excluding hydrogens is 330 g/mol. The van der Waals surface area contributed by atoms with Gasteiger partial charge in [0.05, 0.1) is 7.11 Å². The van der Waals surface area contributed by atoms with E-state index in [0.717, 1.165) is 5.56 Å². The Hall–Kier alpha value is -2.89. The van der Waals surface area contributed by atoms with Crippen LogP contribution in [-0.2, 0) is 20.5 Å². The highest BCUT2D eigenvalue weighted by Crippen LogP contribution is 2.36. The van der Waals surface area contributed by atoms with Crippen molar-refractivity contribution in [3.05, 3.63) is 53.6 Å². The second kappa shape index (κ2) is 6.12. The van der Waals surface area contributed by atoms with Crippen molar-refractivity contribution >= 4 is 17.0 Å². The number of esters is 1. The molecule has 1 aromatic heterocycles. The van der Waals surface area contributed by atoms with E-state index in [1.165, 1.54) is 11.9 Å². The van der Waals surface area contributed by atoms with Gasteiger partial charge in [-0.05, 0) is 47.7 Å². The molecule has 136 valence electrons. The van der Waals surface area contributed by atoms with E-state index in [4.69, 9.17) is 4.74 Å². The first-order chi connectivity index (χ1) is 12.2. The highest BCUT2D eigenvalue weighted by Gasteiger charge is 2.42. The Kier molecular flexibility index (Phi) is 4.22. The van der Waals surface area contributed by atoms with Crippen molar-refractivity contribution in [1.82, 2.24) is 15.0 Å². The second-order valence-corrected chi connectivity index (χ2v) is 7.52. The second-order valence-electron chi connectivity index (χ2n) is 7.52. The average Bonchev–Trinajstić information content (AvgIpc) is 3.04. The quantitative estimate of drug-likeness (QED) is 0.731. The van der Waals surface area contributed by atoms with E-state index in [9.17, 15) is 9.90 Å². The molecule has 0 aliphatic heterocycles. The normalized spacial score (nSPS) is 14.2. The summed E-state index contributed by atoms with van der Waals surface area (Å²) in [6, 6.07) is 12.5. The third kappa shape index (κ3) is 2.81. The van der Waals surface area contributed by atoms with E-state index in [-0.39, 0.29) is 11.2 Å². The fourth-order valence-corrected chi connectivity index (χ4v) is 3.01. The molecule has 0 fully saturated rings.